The summed E-state index contributed by atoms with van der Waals surface area (Å²) in [5.41, 5.74) is 6.34. The van der Waals surface area contributed by atoms with Crippen LogP contribution in [0, 0.1) is 6.92 Å². The molecule has 0 amide bonds. The Balaban J connectivity index is 1.42. The predicted molar refractivity (Wildman–Crippen MR) is 136 cm³/mol. The van der Waals surface area contributed by atoms with E-state index in [9.17, 15) is 9.90 Å². The topological polar surface area (TPSA) is 81.6 Å². The van der Waals surface area contributed by atoms with Crippen LogP contribution >= 0.6 is 0 Å². The van der Waals surface area contributed by atoms with Gasteiger partial charge in [-0.15, -0.1) is 0 Å². The first-order chi connectivity index (χ1) is 16.5. The maximum atomic E-state index is 11.2. The summed E-state index contributed by atoms with van der Waals surface area (Å²) in [5, 5.41) is 13.5. The monoisotopic (exact) mass is 453 g/mol. The van der Waals surface area contributed by atoms with Gasteiger partial charge < -0.3 is 20.2 Å². The second-order valence-electron chi connectivity index (χ2n) is 8.74. The SMILES string of the molecule is Cc1cc(Nc2ncc3cccc(-c4ccc(C(=O)O)cc4)c3n2)ccc1N1CCN(C)CC1. The van der Waals surface area contributed by atoms with Crippen LogP contribution in [0.5, 0.6) is 0 Å². The number of piperazine rings is 1. The molecule has 0 atom stereocenters. The van der Waals surface area contributed by atoms with Gasteiger partial charge in [0.2, 0.25) is 5.95 Å². The average molecular weight is 454 g/mol. The highest BCUT2D eigenvalue weighted by molar-refractivity contribution is 5.95. The van der Waals surface area contributed by atoms with E-state index < -0.39 is 5.97 Å². The number of carbonyl (C=O) groups is 1. The number of carboxylic acids is 1. The number of benzene rings is 3. The molecule has 0 saturated carbocycles. The van der Waals surface area contributed by atoms with Crippen molar-refractivity contribution in [3.63, 3.8) is 0 Å². The average Bonchev–Trinajstić information content (AvgIpc) is 2.84. The van der Waals surface area contributed by atoms with E-state index >= 15 is 0 Å². The Bertz CT molecular complexity index is 1350. The number of nitrogens with zero attached hydrogens (tertiary/aromatic N) is 4. The number of rotatable bonds is 5. The smallest absolute Gasteiger partial charge is 0.335 e. The molecular weight excluding hydrogens is 426 g/mol. The number of aromatic nitrogens is 2. The molecule has 1 saturated heterocycles. The summed E-state index contributed by atoms with van der Waals surface area (Å²) >= 11 is 0. The first-order valence-electron chi connectivity index (χ1n) is 11.4. The van der Waals surface area contributed by atoms with Crippen LogP contribution in [-0.2, 0) is 0 Å². The minimum absolute atomic E-state index is 0.261. The molecule has 0 bridgehead atoms. The van der Waals surface area contributed by atoms with Gasteiger partial charge in [0.25, 0.3) is 0 Å². The molecule has 7 heteroatoms. The van der Waals surface area contributed by atoms with E-state index in [1.165, 1.54) is 11.3 Å². The zero-order chi connectivity index (χ0) is 23.7. The number of anilines is 3. The van der Waals surface area contributed by atoms with Gasteiger partial charge in [-0.05, 0) is 55.4 Å². The molecule has 1 aliphatic heterocycles. The summed E-state index contributed by atoms with van der Waals surface area (Å²) in [6, 6.07) is 19.2. The van der Waals surface area contributed by atoms with Crippen LogP contribution in [-0.4, -0.2) is 59.2 Å². The third-order valence-corrected chi connectivity index (χ3v) is 6.35. The van der Waals surface area contributed by atoms with Crippen LogP contribution in [0.2, 0.25) is 0 Å². The number of likely N-dealkylation sites (N-methyl/N-ethyl adjacent to an activating group) is 1. The second kappa shape index (κ2) is 9.11. The van der Waals surface area contributed by atoms with E-state index in [0.717, 1.165) is 53.9 Å². The number of nitrogens with one attached hydrogen (secondary N) is 1. The summed E-state index contributed by atoms with van der Waals surface area (Å²) in [6.07, 6.45) is 1.81. The predicted octanol–water partition coefficient (Wildman–Crippen LogP) is 4.80. The van der Waals surface area contributed by atoms with Crippen molar-refractivity contribution in [2.75, 3.05) is 43.4 Å². The quantitative estimate of drug-likeness (QED) is 0.449. The van der Waals surface area contributed by atoms with Gasteiger partial charge in [0, 0.05) is 54.7 Å². The Hall–Kier alpha value is -3.97. The normalized spacial score (nSPS) is 14.4. The van der Waals surface area contributed by atoms with Crippen LogP contribution in [0.15, 0.2) is 66.9 Å². The highest BCUT2D eigenvalue weighted by Gasteiger charge is 2.16. The molecule has 172 valence electrons. The van der Waals surface area contributed by atoms with Crippen molar-refractivity contribution in [1.29, 1.82) is 0 Å². The lowest BCUT2D eigenvalue weighted by Crippen LogP contribution is -2.44. The Morgan fingerprint density at radius 3 is 2.47 bits per heavy atom. The van der Waals surface area contributed by atoms with Gasteiger partial charge in [-0.2, -0.15) is 0 Å². The number of carboxylic acid groups (broad SMARTS) is 1. The summed E-state index contributed by atoms with van der Waals surface area (Å²) in [5.74, 6) is -0.416. The van der Waals surface area contributed by atoms with Crippen molar-refractivity contribution >= 4 is 34.2 Å². The molecule has 1 fully saturated rings. The van der Waals surface area contributed by atoms with Crippen molar-refractivity contribution < 1.29 is 9.90 Å². The summed E-state index contributed by atoms with van der Waals surface area (Å²) < 4.78 is 0. The molecule has 0 spiro atoms. The lowest BCUT2D eigenvalue weighted by molar-refractivity contribution is 0.0697. The molecule has 0 radical (unpaired) electrons. The Morgan fingerprint density at radius 1 is 1.00 bits per heavy atom. The zero-order valence-corrected chi connectivity index (χ0v) is 19.3. The van der Waals surface area contributed by atoms with Crippen LogP contribution in [0.25, 0.3) is 22.0 Å². The highest BCUT2D eigenvalue weighted by Crippen LogP contribution is 2.30. The van der Waals surface area contributed by atoms with Crippen molar-refractivity contribution in [3.05, 3.63) is 78.0 Å². The lowest BCUT2D eigenvalue weighted by atomic mass is 10.0. The van der Waals surface area contributed by atoms with Gasteiger partial charge in [0.1, 0.15) is 0 Å². The zero-order valence-electron chi connectivity index (χ0n) is 19.3. The third kappa shape index (κ3) is 4.43. The summed E-state index contributed by atoms with van der Waals surface area (Å²) in [6.45, 7) is 6.36. The molecule has 2 N–H and O–H groups in total. The maximum absolute atomic E-state index is 11.2. The molecule has 1 aromatic heterocycles. The van der Waals surface area contributed by atoms with Gasteiger partial charge in [0.15, 0.2) is 0 Å². The van der Waals surface area contributed by atoms with Crippen molar-refractivity contribution in [3.8, 4) is 11.1 Å². The van der Waals surface area contributed by atoms with Gasteiger partial charge in [-0.1, -0.05) is 30.3 Å². The molecule has 7 nitrogen and oxygen atoms in total. The number of hydrogen-bond acceptors (Lipinski definition) is 6. The molecular formula is C27H27N5O2. The minimum Gasteiger partial charge on any atom is -0.478 e. The van der Waals surface area contributed by atoms with E-state index in [2.05, 4.69) is 52.3 Å². The number of aromatic carboxylic acids is 1. The van der Waals surface area contributed by atoms with E-state index in [-0.39, 0.29) is 5.56 Å². The fourth-order valence-corrected chi connectivity index (χ4v) is 4.41. The number of aryl methyl sites for hydroxylation is 1. The molecule has 4 aromatic rings. The standard InChI is InChI=1S/C27H27N5O2/c1-18-16-22(10-11-24(18)32-14-12-31(2)13-15-32)29-27-28-17-21-4-3-5-23(25(21)30-27)19-6-8-20(9-7-19)26(33)34/h3-11,16-17H,12-15H2,1-2H3,(H,33,34)(H,28,29,30). The van der Waals surface area contributed by atoms with E-state index in [1.54, 1.807) is 12.1 Å². The Kier molecular flexibility index (Phi) is 5.86. The highest BCUT2D eigenvalue weighted by atomic mass is 16.4. The molecule has 5 rings (SSSR count). The molecule has 3 aromatic carbocycles. The maximum Gasteiger partial charge on any atom is 0.335 e. The summed E-state index contributed by atoms with van der Waals surface area (Å²) in [7, 11) is 2.16. The fourth-order valence-electron chi connectivity index (χ4n) is 4.41. The number of hydrogen-bond donors (Lipinski definition) is 2. The van der Waals surface area contributed by atoms with E-state index in [1.807, 2.05) is 36.5 Å². The number of fused-ring (bicyclic) bond motifs is 1. The van der Waals surface area contributed by atoms with E-state index in [4.69, 9.17) is 4.98 Å². The van der Waals surface area contributed by atoms with Crippen molar-refractivity contribution in [2.45, 2.75) is 6.92 Å². The Labute approximate surface area is 198 Å². The minimum atomic E-state index is -0.938. The van der Waals surface area contributed by atoms with Gasteiger partial charge in [-0.25, -0.2) is 14.8 Å². The lowest BCUT2D eigenvalue weighted by Gasteiger charge is -2.35. The summed E-state index contributed by atoms with van der Waals surface area (Å²) in [4.78, 5) is 25.3. The van der Waals surface area contributed by atoms with Gasteiger partial charge in [-0.3, -0.25) is 0 Å². The van der Waals surface area contributed by atoms with E-state index in [0.29, 0.717) is 5.95 Å². The molecule has 1 aliphatic rings. The first kappa shape index (κ1) is 21.9. The second-order valence-corrected chi connectivity index (χ2v) is 8.74. The molecule has 0 unspecified atom stereocenters. The molecule has 2 heterocycles. The largest absolute Gasteiger partial charge is 0.478 e. The fraction of sp³-hybridized carbons (Fsp3) is 0.222. The molecule has 0 aliphatic carbocycles. The van der Waals surface area contributed by atoms with Crippen LogP contribution < -0.4 is 10.2 Å². The van der Waals surface area contributed by atoms with Crippen LogP contribution in [0.3, 0.4) is 0 Å². The molecule has 34 heavy (non-hydrogen) atoms. The van der Waals surface area contributed by atoms with Gasteiger partial charge >= 0.3 is 5.97 Å². The van der Waals surface area contributed by atoms with Crippen molar-refractivity contribution in [2.24, 2.45) is 0 Å². The Morgan fingerprint density at radius 2 is 1.76 bits per heavy atom. The van der Waals surface area contributed by atoms with Gasteiger partial charge in [0.05, 0.1) is 11.1 Å². The van der Waals surface area contributed by atoms with Crippen LogP contribution in [0.4, 0.5) is 17.3 Å². The van der Waals surface area contributed by atoms with Crippen molar-refractivity contribution in [1.82, 2.24) is 14.9 Å². The first-order valence-corrected chi connectivity index (χ1v) is 11.4. The third-order valence-electron chi connectivity index (χ3n) is 6.35. The van der Waals surface area contributed by atoms with Crippen LogP contribution in [0.1, 0.15) is 15.9 Å². The number of para-hydroxylation sites is 1.